The zero-order valence-corrected chi connectivity index (χ0v) is 9.33. The van der Waals surface area contributed by atoms with Gasteiger partial charge in [0.05, 0.1) is 0 Å². The zero-order valence-electron chi connectivity index (χ0n) is 7.62. The van der Waals surface area contributed by atoms with Crippen LogP contribution in [0.4, 0.5) is 5.69 Å². The number of halogens is 1. The van der Waals surface area contributed by atoms with Crippen molar-refractivity contribution in [2.45, 2.75) is 19.8 Å². The van der Waals surface area contributed by atoms with E-state index in [1.807, 2.05) is 37.3 Å². The molecule has 0 unspecified atom stereocenters. The van der Waals surface area contributed by atoms with Gasteiger partial charge < -0.3 is 5.32 Å². The highest BCUT2D eigenvalue weighted by atomic mass is 79.9. The maximum atomic E-state index is 11.1. The molecule has 0 radical (unpaired) electrons. The molecule has 72 valence electrons. The van der Waals surface area contributed by atoms with E-state index in [0.717, 1.165) is 12.1 Å². The molecule has 0 aromatic heterocycles. The minimum Gasteiger partial charge on any atom is -0.326 e. The Kier molecular flexibility index (Phi) is 6.24. The Hall–Kier alpha value is -0.830. The maximum Gasteiger partial charge on any atom is 0.224 e. The number of amides is 1. The minimum absolute atomic E-state index is 0. The Labute approximate surface area is 89.1 Å². The lowest BCUT2D eigenvalue weighted by Crippen LogP contribution is -2.10. The number of para-hydroxylation sites is 1. The first kappa shape index (κ1) is 12.2. The van der Waals surface area contributed by atoms with E-state index in [0.29, 0.717) is 6.42 Å². The Balaban J connectivity index is 0.00000144. The van der Waals surface area contributed by atoms with Gasteiger partial charge in [-0.25, -0.2) is 0 Å². The fraction of sp³-hybridized carbons (Fsp3) is 0.300. The van der Waals surface area contributed by atoms with Gasteiger partial charge >= 0.3 is 0 Å². The highest BCUT2D eigenvalue weighted by Gasteiger charge is 1.97. The second-order valence-corrected chi connectivity index (χ2v) is 2.66. The van der Waals surface area contributed by atoms with E-state index in [1.54, 1.807) is 0 Å². The number of hydrogen-bond acceptors (Lipinski definition) is 1. The van der Waals surface area contributed by atoms with Crippen molar-refractivity contribution in [1.29, 1.82) is 0 Å². The first-order valence-corrected chi connectivity index (χ1v) is 4.18. The molecule has 1 amide bonds. The molecule has 1 aromatic carbocycles. The minimum atomic E-state index is 0. The van der Waals surface area contributed by atoms with Gasteiger partial charge in [0.2, 0.25) is 5.91 Å². The Bertz CT molecular complexity index is 248. The number of rotatable bonds is 3. The largest absolute Gasteiger partial charge is 0.326 e. The Morgan fingerprint density at radius 2 is 1.92 bits per heavy atom. The predicted octanol–water partition coefficient (Wildman–Crippen LogP) is 3.00. The van der Waals surface area contributed by atoms with Crippen LogP contribution in [0.5, 0.6) is 0 Å². The number of nitrogens with one attached hydrogen (secondary N) is 1. The third kappa shape index (κ3) is 4.68. The quantitative estimate of drug-likeness (QED) is 0.869. The maximum absolute atomic E-state index is 11.1. The third-order valence-electron chi connectivity index (χ3n) is 1.53. The fourth-order valence-electron chi connectivity index (χ4n) is 0.972. The predicted molar refractivity (Wildman–Crippen MR) is 60.3 cm³/mol. The number of carbonyl (C=O) groups is 1. The molecular formula is C10H14BrNO. The normalized spacial score (nSPS) is 8.69. The number of hydrogen-bond donors (Lipinski definition) is 1. The van der Waals surface area contributed by atoms with Crippen molar-refractivity contribution in [3.05, 3.63) is 30.3 Å². The van der Waals surface area contributed by atoms with Gasteiger partial charge in [0, 0.05) is 12.1 Å². The summed E-state index contributed by atoms with van der Waals surface area (Å²) in [6.07, 6.45) is 1.48. The second-order valence-electron chi connectivity index (χ2n) is 2.66. The van der Waals surface area contributed by atoms with Gasteiger partial charge in [0.1, 0.15) is 0 Å². The number of benzene rings is 1. The van der Waals surface area contributed by atoms with Crippen molar-refractivity contribution in [1.82, 2.24) is 0 Å². The van der Waals surface area contributed by atoms with Gasteiger partial charge in [-0.05, 0) is 18.6 Å². The van der Waals surface area contributed by atoms with Crippen molar-refractivity contribution >= 4 is 28.6 Å². The molecule has 0 saturated carbocycles. The Morgan fingerprint density at radius 1 is 1.31 bits per heavy atom. The van der Waals surface area contributed by atoms with E-state index in [1.165, 1.54) is 0 Å². The second kappa shape index (κ2) is 6.66. The molecule has 2 nitrogen and oxygen atoms in total. The summed E-state index contributed by atoms with van der Waals surface area (Å²) in [6.45, 7) is 1.99. The van der Waals surface area contributed by atoms with Gasteiger partial charge in [0.25, 0.3) is 0 Å². The molecule has 13 heavy (non-hydrogen) atoms. The van der Waals surface area contributed by atoms with E-state index in [-0.39, 0.29) is 22.9 Å². The monoisotopic (exact) mass is 243 g/mol. The lowest BCUT2D eigenvalue weighted by atomic mass is 10.3. The molecule has 1 rings (SSSR count). The molecule has 3 heteroatoms. The summed E-state index contributed by atoms with van der Waals surface area (Å²) < 4.78 is 0. The smallest absolute Gasteiger partial charge is 0.224 e. The van der Waals surface area contributed by atoms with Crippen molar-refractivity contribution < 1.29 is 4.79 Å². The molecule has 0 saturated heterocycles. The van der Waals surface area contributed by atoms with E-state index in [4.69, 9.17) is 0 Å². The molecule has 1 N–H and O–H groups in total. The van der Waals surface area contributed by atoms with Crippen molar-refractivity contribution in [2.75, 3.05) is 5.32 Å². The van der Waals surface area contributed by atoms with Crippen LogP contribution in [0.3, 0.4) is 0 Å². The molecule has 0 heterocycles. The van der Waals surface area contributed by atoms with Crippen LogP contribution in [0.2, 0.25) is 0 Å². The molecule has 0 fully saturated rings. The van der Waals surface area contributed by atoms with Crippen LogP contribution < -0.4 is 5.32 Å². The highest BCUT2D eigenvalue weighted by Crippen LogP contribution is 2.05. The fourth-order valence-corrected chi connectivity index (χ4v) is 0.972. The lowest BCUT2D eigenvalue weighted by molar-refractivity contribution is -0.116. The van der Waals surface area contributed by atoms with Gasteiger partial charge in [-0.2, -0.15) is 0 Å². The highest BCUT2D eigenvalue weighted by molar-refractivity contribution is 8.93. The summed E-state index contributed by atoms with van der Waals surface area (Å²) in [4.78, 5) is 11.1. The van der Waals surface area contributed by atoms with Gasteiger partial charge in [0.15, 0.2) is 0 Å². The van der Waals surface area contributed by atoms with E-state index in [9.17, 15) is 4.79 Å². The van der Waals surface area contributed by atoms with Crippen molar-refractivity contribution in [3.63, 3.8) is 0 Å². The molecular weight excluding hydrogens is 230 g/mol. The third-order valence-corrected chi connectivity index (χ3v) is 1.53. The summed E-state index contributed by atoms with van der Waals surface area (Å²) >= 11 is 0. The summed E-state index contributed by atoms with van der Waals surface area (Å²) in [6, 6.07) is 9.50. The van der Waals surface area contributed by atoms with Crippen molar-refractivity contribution in [2.24, 2.45) is 0 Å². The average molecular weight is 244 g/mol. The SMILES string of the molecule is Br.CCCC(=O)Nc1ccccc1. The van der Waals surface area contributed by atoms with Gasteiger partial charge in [-0.3, -0.25) is 4.79 Å². The molecule has 0 aliphatic carbocycles. The van der Waals surface area contributed by atoms with E-state index in [2.05, 4.69) is 5.32 Å². The van der Waals surface area contributed by atoms with Gasteiger partial charge in [-0.1, -0.05) is 25.1 Å². The van der Waals surface area contributed by atoms with Crippen LogP contribution in [0, 0.1) is 0 Å². The Morgan fingerprint density at radius 3 is 2.46 bits per heavy atom. The van der Waals surface area contributed by atoms with Crippen LogP contribution >= 0.6 is 17.0 Å². The first-order valence-electron chi connectivity index (χ1n) is 4.18. The zero-order chi connectivity index (χ0) is 8.81. The van der Waals surface area contributed by atoms with E-state index < -0.39 is 0 Å². The van der Waals surface area contributed by atoms with Crippen LogP contribution in [-0.4, -0.2) is 5.91 Å². The van der Waals surface area contributed by atoms with Gasteiger partial charge in [-0.15, -0.1) is 17.0 Å². The molecule has 0 spiro atoms. The molecule has 1 aromatic rings. The molecule has 0 aliphatic rings. The summed E-state index contributed by atoms with van der Waals surface area (Å²) in [5.41, 5.74) is 0.871. The summed E-state index contributed by atoms with van der Waals surface area (Å²) in [5.74, 6) is 0.0868. The summed E-state index contributed by atoms with van der Waals surface area (Å²) in [7, 11) is 0. The van der Waals surface area contributed by atoms with E-state index >= 15 is 0 Å². The number of carbonyl (C=O) groups excluding carboxylic acids is 1. The van der Waals surface area contributed by atoms with Crippen LogP contribution in [-0.2, 0) is 4.79 Å². The standard InChI is InChI=1S/C10H13NO.BrH/c1-2-6-10(12)11-9-7-4-3-5-8-9;/h3-5,7-8H,2,6H2,1H3,(H,11,12);1H. The van der Waals surface area contributed by atoms with Crippen LogP contribution in [0.1, 0.15) is 19.8 Å². The first-order chi connectivity index (χ1) is 5.83. The number of anilines is 1. The average Bonchev–Trinajstić information content (AvgIpc) is 2.06. The summed E-state index contributed by atoms with van der Waals surface area (Å²) in [5, 5.41) is 2.80. The topological polar surface area (TPSA) is 29.1 Å². The molecule has 0 atom stereocenters. The van der Waals surface area contributed by atoms with Crippen LogP contribution in [0.15, 0.2) is 30.3 Å². The van der Waals surface area contributed by atoms with Crippen LogP contribution in [0.25, 0.3) is 0 Å². The lowest BCUT2D eigenvalue weighted by Gasteiger charge is -2.02. The molecule has 0 bridgehead atoms. The molecule has 0 aliphatic heterocycles. The van der Waals surface area contributed by atoms with Crippen molar-refractivity contribution in [3.8, 4) is 0 Å².